The molecule has 200 valence electrons. The first-order valence-corrected chi connectivity index (χ1v) is 14.6. The molecule has 1 heterocycles. The van der Waals surface area contributed by atoms with Crippen LogP contribution in [0.2, 0.25) is 0 Å². The molecule has 7 nitrogen and oxygen atoms in total. The predicted octanol–water partition coefficient (Wildman–Crippen LogP) is 6.81. The molecule has 0 radical (unpaired) electrons. The summed E-state index contributed by atoms with van der Waals surface area (Å²) in [5.41, 5.74) is -0.722. The number of isocyanates is 1. The molecule has 2 aliphatic carbocycles. The maximum Gasteiger partial charge on any atom is 0.534 e. The van der Waals surface area contributed by atoms with Crippen molar-refractivity contribution in [2.24, 2.45) is 4.99 Å². The Morgan fingerprint density at radius 2 is 1.82 bits per heavy atom. The highest BCUT2D eigenvalue weighted by atomic mass is 32.2. The van der Waals surface area contributed by atoms with Crippen molar-refractivity contribution in [3.8, 4) is 28.1 Å². The van der Waals surface area contributed by atoms with Crippen LogP contribution in [0.1, 0.15) is 66.8 Å². The molecule has 12 heteroatoms. The summed E-state index contributed by atoms with van der Waals surface area (Å²) in [5.74, 6) is 1.27. The Labute approximate surface area is 222 Å². The zero-order valence-corrected chi connectivity index (χ0v) is 21.9. The summed E-state index contributed by atoms with van der Waals surface area (Å²) in [6.07, 6.45) is 6.66. The average Bonchev–Trinajstić information content (AvgIpc) is 3.63. The Bertz CT molecular complexity index is 1500. The number of hydrogen-bond donors (Lipinski definition) is 1. The van der Waals surface area contributed by atoms with Gasteiger partial charge in [0.05, 0.1) is 11.9 Å². The normalized spacial score (nSPS) is 19.2. The van der Waals surface area contributed by atoms with Crippen molar-refractivity contribution in [2.75, 3.05) is 5.75 Å². The summed E-state index contributed by atoms with van der Waals surface area (Å²) in [6.45, 7) is 2.04. The van der Waals surface area contributed by atoms with Gasteiger partial charge in [0.2, 0.25) is 6.08 Å². The van der Waals surface area contributed by atoms with Crippen LogP contribution in [0.25, 0.3) is 22.4 Å². The Hall–Kier alpha value is -3.08. The monoisotopic (exact) mass is 563 g/mol. The highest BCUT2D eigenvalue weighted by Crippen LogP contribution is 2.58. The predicted molar refractivity (Wildman–Crippen MR) is 138 cm³/mol. The molecule has 0 spiro atoms. The second-order valence-electron chi connectivity index (χ2n) is 9.33. The van der Waals surface area contributed by atoms with Crippen molar-refractivity contribution in [3.63, 3.8) is 0 Å². The molecule has 0 aliphatic heterocycles. The number of H-pyrrole nitrogens is 1. The van der Waals surface area contributed by atoms with Gasteiger partial charge in [-0.05, 0) is 71.6 Å². The zero-order valence-electron chi connectivity index (χ0n) is 20.3. The topological polar surface area (TPSA) is 101 Å². The van der Waals surface area contributed by atoms with Crippen LogP contribution >= 0.6 is 11.8 Å². The van der Waals surface area contributed by atoms with Gasteiger partial charge in [-0.15, -0.1) is 11.8 Å². The Morgan fingerprint density at radius 1 is 1.13 bits per heavy atom. The minimum Gasteiger partial charge on any atom is -0.376 e. The first kappa shape index (κ1) is 26.5. The van der Waals surface area contributed by atoms with Gasteiger partial charge in [-0.25, -0.2) is 9.78 Å². The molecule has 0 saturated heterocycles. The molecule has 2 aliphatic rings. The number of halogens is 3. The van der Waals surface area contributed by atoms with Gasteiger partial charge in [0, 0.05) is 5.56 Å². The lowest BCUT2D eigenvalue weighted by Gasteiger charge is -2.22. The number of thioether (sulfide) groups is 1. The van der Waals surface area contributed by atoms with Crippen LogP contribution in [-0.2, 0) is 14.9 Å². The molecule has 1 fully saturated rings. The van der Waals surface area contributed by atoms with Crippen LogP contribution in [0.5, 0.6) is 5.75 Å². The standard InChI is InChI=1S/C26H24F3N3O4S2/c1-2-11-37-25(31-14-33)24-30-13-20(32-24)16-5-3-15(4-6-16)19-9-10-21(36-38(34,35)26(27,28)29)23-18-8-7-17(12-18)22(19)23/h3-6,9-10,13,17-18,25H,2,7-8,11-12H2,1H3,(H,30,32)/t17?,18?,25-/m0/s1. The summed E-state index contributed by atoms with van der Waals surface area (Å²) >= 11 is 1.50. The first-order valence-electron chi connectivity index (χ1n) is 12.1. The van der Waals surface area contributed by atoms with Gasteiger partial charge in [0.25, 0.3) is 0 Å². The number of aromatic amines is 1. The number of benzene rings is 2. The van der Waals surface area contributed by atoms with Crippen LogP contribution in [0.3, 0.4) is 0 Å². The molecule has 2 aromatic carbocycles. The van der Waals surface area contributed by atoms with Gasteiger partial charge in [-0.3, -0.25) is 0 Å². The second-order valence-corrected chi connectivity index (χ2v) is 12.1. The Kier molecular flexibility index (Phi) is 7.15. The third-order valence-corrected chi connectivity index (χ3v) is 9.22. The van der Waals surface area contributed by atoms with Crippen LogP contribution in [-0.4, -0.2) is 35.7 Å². The number of aliphatic imine (C=N–C) groups is 1. The van der Waals surface area contributed by atoms with E-state index in [1.165, 1.54) is 17.8 Å². The summed E-state index contributed by atoms with van der Waals surface area (Å²) in [4.78, 5) is 22.3. The molecular formula is C26H24F3N3O4S2. The number of carbonyl (C=O) groups excluding carboxylic acids is 1. The number of nitrogens with zero attached hydrogens (tertiary/aromatic N) is 2. The molecular weight excluding hydrogens is 539 g/mol. The van der Waals surface area contributed by atoms with Gasteiger partial charge in [0.15, 0.2) is 5.37 Å². The van der Waals surface area contributed by atoms with Crippen LogP contribution in [0, 0.1) is 0 Å². The van der Waals surface area contributed by atoms with Gasteiger partial charge < -0.3 is 9.17 Å². The minimum absolute atomic E-state index is 0.0244. The second kappa shape index (κ2) is 10.2. The van der Waals surface area contributed by atoms with Crippen molar-refractivity contribution in [3.05, 3.63) is 59.5 Å². The number of alkyl halides is 3. The number of imidazole rings is 1. The average molecular weight is 564 g/mol. The summed E-state index contributed by atoms with van der Waals surface area (Å²) in [6, 6.07) is 10.6. The van der Waals surface area contributed by atoms with Crippen LogP contribution in [0.4, 0.5) is 13.2 Å². The number of aromatic nitrogens is 2. The summed E-state index contributed by atoms with van der Waals surface area (Å²) in [5, 5.41) is -0.458. The molecule has 0 amide bonds. The third kappa shape index (κ3) is 4.88. The van der Waals surface area contributed by atoms with Gasteiger partial charge in [0.1, 0.15) is 11.6 Å². The van der Waals surface area contributed by atoms with E-state index >= 15 is 0 Å². The largest absolute Gasteiger partial charge is 0.534 e. The molecule has 1 N–H and O–H groups in total. The summed E-state index contributed by atoms with van der Waals surface area (Å²) < 4.78 is 66.9. The lowest BCUT2D eigenvalue weighted by molar-refractivity contribution is -0.0500. The van der Waals surface area contributed by atoms with E-state index in [9.17, 15) is 26.4 Å². The van der Waals surface area contributed by atoms with Crippen LogP contribution in [0.15, 0.2) is 47.6 Å². The number of nitrogens with one attached hydrogen (secondary N) is 1. The van der Waals surface area contributed by atoms with E-state index in [1.54, 1.807) is 18.3 Å². The van der Waals surface area contributed by atoms with Crippen molar-refractivity contribution in [1.82, 2.24) is 9.97 Å². The highest BCUT2D eigenvalue weighted by molar-refractivity contribution is 7.99. The first-order chi connectivity index (χ1) is 18.1. The van der Waals surface area contributed by atoms with E-state index < -0.39 is 21.0 Å². The Morgan fingerprint density at radius 3 is 2.47 bits per heavy atom. The van der Waals surface area contributed by atoms with Gasteiger partial charge >= 0.3 is 15.6 Å². The zero-order chi connectivity index (χ0) is 27.1. The molecule has 3 aromatic rings. The van der Waals surface area contributed by atoms with Crippen molar-refractivity contribution < 1.29 is 30.6 Å². The van der Waals surface area contributed by atoms with E-state index in [-0.39, 0.29) is 17.6 Å². The van der Waals surface area contributed by atoms with Crippen molar-refractivity contribution >= 4 is 28.0 Å². The minimum atomic E-state index is -5.76. The van der Waals surface area contributed by atoms with E-state index in [2.05, 4.69) is 19.1 Å². The third-order valence-electron chi connectivity index (χ3n) is 6.97. The van der Waals surface area contributed by atoms with Gasteiger partial charge in [-0.2, -0.15) is 26.6 Å². The number of rotatable bonds is 9. The van der Waals surface area contributed by atoms with E-state index in [1.807, 2.05) is 31.2 Å². The molecule has 38 heavy (non-hydrogen) atoms. The van der Waals surface area contributed by atoms with Crippen molar-refractivity contribution in [1.29, 1.82) is 0 Å². The van der Waals surface area contributed by atoms with Gasteiger partial charge in [-0.1, -0.05) is 37.3 Å². The smallest absolute Gasteiger partial charge is 0.376 e. The Balaban J connectivity index is 1.45. The molecule has 2 bridgehead atoms. The molecule has 3 atom stereocenters. The number of hydrogen-bond acceptors (Lipinski definition) is 7. The quantitative estimate of drug-likeness (QED) is 0.133. The fraction of sp³-hybridized carbons (Fsp3) is 0.385. The fourth-order valence-corrected chi connectivity index (χ4v) is 6.70. The summed E-state index contributed by atoms with van der Waals surface area (Å²) in [7, 11) is -5.76. The lowest BCUT2D eigenvalue weighted by atomic mass is 9.85. The maximum atomic E-state index is 13.0. The van der Waals surface area contributed by atoms with Crippen LogP contribution < -0.4 is 4.18 Å². The SMILES string of the molecule is CCCS[C@H](N=C=O)c1ncc(-c2ccc(-c3ccc(OS(=O)(=O)C(F)(F)F)c4c3C3CCC4C3)cc2)[nH]1. The van der Waals surface area contributed by atoms with E-state index in [0.29, 0.717) is 11.4 Å². The number of fused-ring (bicyclic) bond motifs is 5. The van der Waals surface area contributed by atoms with E-state index in [4.69, 9.17) is 0 Å². The van der Waals surface area contributed by atoms with Crippen molar-refractivity contribution in [2.45, 2.75) is 55.3 Å². The molecule has 1 saturated carbocycles. The highest BCUT2D eigenvalue weighted by Gasteiger charge is 2.50. The maximum absolute atomic E-state index is 13.0. The molecule has 2 unspecified atom stereocenters. The molecule has 1 aromatic heterocycles. The molecule has 5 rings (SSSR count). The van der Waals surface area contributed by atoms with E-state index in [0.717, 1.165) is 59.4 Å². The fourth-order valence-electron chi connectivity index (χ4n) is 5.37. The lowest BCUT2D eigenvalue weighted by Crippen LogP contribution is -2.28.